The van der Waals surface area contributed by atoms with Gasteiger partial charge in [-0.3, -0.25) is 14.4 Å². The number of para-hydroxylation sites is 1. The van der Waals surface area contributed by atoms with E-state index in [1.807, 2.05) is 38.1 Å². The van der Waals surface area contributed by atoms with Crippen LogP contribution in [-0.4, -0.2) is 17.5 Å². The van der Waals surface area contributed by atoms with E-state index in [2.05, 4.69) is 0 Å². The second kappa shape index (κ2) is 5.37. The van der Waals surface area contributed by atoms with Gasteiger partial charge in [-0.15, -0.1) is 0 Å². The minimum atomic E-state index is -1.42. The first-order valence-corrected chi connectivity index (χ1v) is 8.85. The molecule has 0 bridgehead atoms. The molecule has 3 atom stereocenters. The Balaban J connectivity index is 1.93. The third-order valence-corrected chi connectivity index (χ3v) is 6.13. The van der Waals surface area contributed by atoms with Gasteiger partial charge < -0.3 is 4.74 Å². The lowest BCUT2D eigenvalue weighted by Crippen LogP contribution is -2.38. The van der Waals surface area contributed by atoms with E-state index in [4.69, 9.17) is 4.74 Å². The highest BCUT2D eigenvalue weighted by Gasteiger charge is 2.87. The molecule has 2 aromatic rings. The molecule has 4 rings (SSSR count). The average molecular weight is 348 g/mol. The molecule has 0 amide bonds. The number of esters is 1. The van der Waals surface area contributed by atoms with Gasteiger partial charge in [0.25, 0.3) is 0 Å². The fourth-order valence-corrected chi connectivity index (χ4v) is 4.90. The lowest BCUT2D eigenvalue weighted by molar-refractivity contribution is -0.148. The van der Waals surface area contributed by atoms with Gasteiger partial charge in [-0.05, 0) is 26.3 Å². The zero-order valence-corrected chi connectivity index (χ0v) is 15.0. The van der Waals surface area contributed by atoms with Crippen LogP contribution in [-0.2, 0) is 9.59 Å². The van der Waals surface area contributed by atoms with Gasteiger partial charge >= 0.3 is 5.97 Å². The number of carbonyl (C=O) groups excluding carboxylic acids is 3. The number of ketones is 2. The molecule has 0 saturated heterocycles. The third kappa shape index (κ3) is 1.77. The van der Waals surface area contributed by atoms with Crippen molar-refractivity contribution in [1.29, 1.82) is 0 Å². The molecule has 4 heteroatoms. The molecular formula is C22H20O4. The largest absolute Gasteiger partial charge is 0.425 e. The zero-order valence-electron chi connectivity index (χ0n) is 15.0. The summed E-state index contributed by atoms with van der Waals surface area (Å²) in [4.78, 5) is 39.2. The summed E-state index contributed by atoms with van der Waals surface area (Å²) in [7, 11) is 0. The number of ether oxygens (including phenoxy) is 1. The molecule has 1 aliphatic carbocycles. The second-order valence-corrected chi connectivity index (χ2v) is 7.24. The van der Waals surface area contributed by atoms with Gasteiger partial charge in [-0.1, -0.05) is 55.0 Å². The molecule has 1 saturated carbocycles. The molecule has 0 aromatic heterocycles. The van der Waals surface area contributed by atoms with E-state index in [9.17, 15) is 14.4 Å². The van der Waals surface area contributed by atoms with Gasteiger partial charge in [0.15, 0.2) is 5.78 Å². The summed E-state index contributed by atoms with van der Waals surface area (Å²) in [5.41, 5.74) is -0.163. The summed E-state index contributed by atoms with van der Waals surface area (Å²) in [5, 5.41) is 0. The number of hydrogen-bond donors (Lipinski definition) is 0. The first-order chi connectivity index (χ1) is 12.4. The Morgan fingerprint density at radius 1 is 1.08 bits per heavy atom. The van der Waals surface area contributed by atoms with Crippen molar-refractivity contribution in [3.05, 3.63) is 65.2 Å². The van der Waals surface area contributed by atoms with Crippen LogP contribution in [0.15, 0.2) is 48.5 Å². The van der Waals surface area contributed by atoms with E-state index >= 15 is 0 Å². The maximum absolute atomic E-state index is 13.5. The Labute approximate surface area is 152 Å². The highest BCUT2D eigenvalue weighted by Crippen LogP contribution is 2.80. The minimum absolute atomic E-state index is 0.158. The van der Waals surface area contributed by atoms with Crippen LogP contribution >= 0.6 is 0 Å². The Hall–Kier alpha value is -2.75. The Morgan fingerprint density at radius 3 is 2.35 bits per heavy atom. The lowest BCUT2D eigenvalue weighted by atomic mass is 9.81. The predicted octanol–water partition coefficient (Wildman–Crippen LogP) is 3.87. The van der Waals surface area contributed by atoms with Gasteiger partial charge in [0.05, 0.1) is 5.41 Å². The molecular weight excluding hydrogens is 328 g/mol. The monoisotopic (exact) mass is 348 g/mol. The van der Waals surface area contributed by atoms with E-state index in [1.165, 1.54) is 6.92 Å². The van der Waals surface area contributed by atoms with Crippen molar-refractivity contribution >= 4 is 17.5 Å². The molecule has 1 fully saturated rings. The fraction of sp³-hybridized carbons (Fsp3) is 0.318. The summed E-state index contributed by atoms with van der Waals surface area (Å²) in [6.45, 7) is 5.21. The zero-order chi connectivity index (χ0) is 18.7. The Morgan fingerprint density at radius 2 is 1.73 bits per heavy atom. The summed E-state index contributed by atoms with van der Waals surface area (Å²) < 4.78 is 5.50. The van der Waals surface area contributed by atoms with Crippen LogP contribution in [0, 0.1) is 17.8 Å². The number of rotatable bonds is 4. The number of fused-ring (bicyclic) bond motifs is 3. The van der Waals surface area contributed by atoms with E-state index in [1.54, 1.807) is 24.3 Å². The van der Waals surface area contributed by atoms with Gasteiger partial charge in [0.2, 0.25) is 0 Å². The molecule has 132 valence electrons. The fourth-order valence-electron chi connectivity index (χ4n) is 4.90. The van der Waals surface area contributed by atoms with Gasteiger partial charge in [0, 0.05) is 17.0 Å². The third-order valence-electron chi connectivity index (χ3n) is 6.13. The standard InChI is InChI=1S/C22H20O4/c1-4-21(19(24)15-11-9-13(2)10-12-15)18-16-7-5-6-8-17(16)26-20(25)22(18,21)14(3)23/h5-12,18H,4H2,1-3H3/t18-,21+,22-/m0/s1. The summed E-state index contributed by atoms with van der Waals surface area (Å²) >= 11 is 0. The first kappa shape index (κ1) is 16.7. The summed E-state index contributed by atoms with van der Waals surface area (Å²) in [6, 6.07) is 14.5. The molecule has 0 unspecified atom stereocenters. The topological polar surface area (TPSA) is 60.4 Å². The quantitative estimate of drug-likeness (QED) is 0.364. The van der Waals surface area contributed by atoms with Crippen LogP contribution in [0.5, 0.6) is 5.75 Å². The molecule has 2 aromatic carbocycles. The number of Topliss-reactive ketones (excluding diaryl/α,β-unsaturated/α-hetero) is 2. The molecule has 1 aliphatic heterocycles. The molecule has 0 spiro atoms. The van der Waals surface area contributed by atoms with E-state index in [-0.39, 0.29) is 11.6 Å². The van der Waals surface area contributed by atoms with Crippen molar-refractivity contribution in [2.75, 3.05) is 0 Å². The van der Waals surface area contributed by atoms with Crippen LogP contribution in [0.3, 0.4) is 0 Å². The number of hydrogen-bond acceptors (Lipinski definition) is 4. The van der Waals surface area contributed by atoms with E-state index in [0.717, 1.165) is 11.1 Å². The molecule has 2 aliphatic rings. The van der Waals surface area contributed by atoms with Crippen molar-refractivity contribution < 1.29 is 19.1 Å². The lowest BCUT2D eigenvalue weighted by Gasteiger charge is -2.22. The van der Waals surface area contributed by atoms with Crippen molar-refractivity contribution in [2.45, 2.75) is 33.1 Å². The molecule has 0 radical (unpaired) electrons. The van der Waals surface area contributed by atoms with Crippen LogP contribution in [0.1, 0.15) is 47.7 Å². The first-order valence-electron chi connectivity index (χ1n) is 8.85. The molecule has 4 nitrogen and oxygen atoms in total. The van der Waals surface area contributed by atoms with Crippen LogP contribution < -0.4 is 4.74 Å². The van der Waals surface area contributed by atoms with Crippen LogP contribution in [0.2, 0.25) is 0 Å². The number of carbonyl (C=O) groups is 3. The summed E-state index contributed by atoms with van der Waals surface area (Å²) in [5.74, 6) is -1.08. The smallest absolute Gasteiger partial charge is 0.326 e. The van der Waals surface area contributed by atoms with Crippen molar-refractivity contribution in [1.82, 2.24) is 0 Å². The molecule has 1 heterocycles. The van der Waals surface area contributed by atoms with Crippen LogP contribution in [0.25, 0.3) is 0 Å². The SMILES string of the molecule is CC[C@]1(C(=O)c2ccc(C)cc2)[C@@H]2c3ccccc3OC(=O)[C@]21C(C)=O. The predicted molar refractivity (Wildman–Crippen MR) is 96.2 cm³/mol. The highest BCUT2D eigenvalue weighted by molar-refractivity contribution is 6.21. The van der Waals surface area contributed by atoms with Gasteiger partial charge in [-0.25, -0.2) is 0 Å². The van der Waals surface area contributed by atoms with Gasteiger partial charge in [-0.2, -0.15) is 0 Å². The summed E-state index contributed by atoms with van der Waals surface area (Å²) in [6.07, 6.45) is 0.396. The van der Waals surface area contributed by atoms with Gasteiger partial charge in [0.1, 0.15) is 16.9 Å². The maximum Gasteiger partial charge on any atom is 0.326 e. The maximum atomic E-state index is 13.5. The highest BCUT2D eigenvalue weighted by atomic mass is 16.5. The second-order valence-electron chi connectivity index (χ2n) is 7.24. The number of benzene rings is 2. The van der Waals surface area contributed by atoms with Crippen molar-refractivity contribution in [2.24, 2.45) is 10.8 Å². The average Bonchev–Trinajstić information content (AvgIpc) is 3.29. The molecule has 0 N–H and O–H groups in total. The van der Waals surface area contributed by atoms with Crippen molar-refractivity contribution in [3.8, 4) is 5.75 Å². The number of aryl methyl sites for hydroxylation is 1. The Bertz CT molecular complexity index is 943. The van der Waals surface area contributed by atoms with E-state index < -0.39 is 22.7 Å². The van der Waals surface area contributed by atoms with E-state index in [0.29, 0.717) is 17.7 Å². The molecule has 26 heavy (non-hydrogen) atoms. The Kier molecular flexibility index (Phi) is 3.45. The van der Waals surface area contributed by atoms with Crippen molar-refractivity contribution in [3.63, 3.8) is 0 Å². The minimum Gasteiger partial charge on any atom is -0.425 e. The normalized spacial score (nSPS) is 28.6. The van der Waals surface area contributed by atoms with Crippen LogP contribution in [0.4, 0.5) is 0 Å².